The number of aromatic nitrogens is 1. The Hall–Kier alpha value is -2.40. The average molecular weight is 344 g/mol. The molecule has 1 heterocycles. The van der Waals surface area contributed by atoms with Gasteiger partial charge in [0.2, 0.25) is 0 Å². The Morgan fingerprint density at radius 1 is 1.05 bits per heavy atom. The number of hydrogen-bond donors (Lipinski definition) is 2. The molecule has 0 spiro atoms. The Morgan fingerprint density at radius 3 is 2.43 bits per heavy atom. The highest BCUT2D eigenvalue weighted by molar-refractivity contribution is 9.10. The summed E-state index contributed by atoms with van der Waals surface area (Å²) in [5.41, 5.74) is 2.12. The van der Waals surface area contributed by atoms with E-state index in [9.17, 15) is 15.0 Å². The van der Waals surface area contributed by atoms with Crippen LogP contribution in [0.1, 0.15) is 10.4 Å². The van der Waals surface area contributed by atoms with Crippen molar-refractivity contribution in [3.8, 4) is 17.0 Å². The second-order valence-electron chi connectivity index (χ2n) is 4.57. The normalized spacial score (nSPS) is 10.7. The van der Waals surface area contributed by atoms with Gasteiger partial charge >= 0.3 is 5.97 Å². The third-order valence-electron chi connectivity index (χ3n) is 3.16. The summed E-state index contributed by atoms with van der Waals surface area (Å²) in [7, 11) is 0. The standard InChI is InChI=1S/C16H10BrNO3/c17-10-3-6-14-12(7-10)13(16(20)21)8-15(18-14)9-1-4-11(19)5-2-9/h1-8,19H,(H,20,21). The van der Waals surface area contributed by atoms with Gasteiger partial charge in [0.15, 0.2) is 0 Å². The van der Waals surface area contributed by atoms with Crippen molar-refractivity contribution in [1.29, 1.82) is 0 Å². The van der Waals surface area contributed by atoms with Gasteiger partial charge in [-0.2, -0.15) is 0 Å². The van der Waals surface area contributed by atoms with Gasteiger partial charge < -0.3 is 10.2 Å². The molecule has 0 bridgehead atoms. The summed E-state index contributed by atoms with van der Waals surface area (Å²) in [5, 5.41) is 19.3. The lowest BCUT2D eigenvalue weighted by atomic mass is 10.0. The maximum absolute atomic E-state index is 11.5. The molecule has 2 aromatic carbocycles. The van der Waals surface area contributed by atoms with Crippen molar-refractivity contribution in [2.24, 2.45) is 0 Å². The molecule has 0 aliphatic heterocycles. The van der Waals surface area contributed by atoms with Gasteiger partial charge in [0, 0.05) is 15.4 Å². The smallest absolute Gasteiger partial charge is 0.336 e. The van der Waals surface area contributed by atoms with Crippen molar-refractivity contribution in [2.45, 2.75) is 0 Å². The van der Waals surface area contributed by atoms with Crippen molar-refractivity contribution in [2.75, 3.05) is 0 Å². The summed E-state index contributed by atoms with van der Waals surface area (Å²) in [6.07, 6.45) is 0. The number of phenols is 1. The van der Waals surface area contributed by atoms with E-state index in [0.29, 0.717) is 16.6 Å². The highest BCUT2D eigenvalue weighted by atomic mass is 79.9. The number of fused-ring (bicyclic) bond motifs is 1. The number of carboxylic acids is 1. The molecule has 0 saturated carbocycles. The van der Waals surface area contributed by atoms with Gasteiger partial charge in [-0.15, -0.1) is 0 Å². The number of pyridine rings is 1. The van der Waals surface area contributed by atoms with Crippen LogP contribution in [0.3, 0.4) is 0 Å². The highest BCUT2D eigenvalue weighted by Gasteiger charge is 2.13. The van der Waals surface area contributed by atoms with Gasteiger partial charge in [0.25, 0.3) is 0 Å². The van der Waals surface area contributed by atoms with E-state index >= 15 is 0 Å². The van der Waals surface area contributed by atoms with Crippen molar-refractivity contribution in [1.82, 2.24) is 4.98 Å². The lowest BCUT2D eigenvalue weighted by Gasteiger charge is -2.07. The Balaban J connectivity index is 2.28. The molecule has 0 aliphatic carbocycles. The first kappa shape index (κ1) is 13.6. The van der Waals surface area contributed by atoms with Crippen molar-refractivity contribution < 1.29 is 15.0 Å². The SMILES string of the molecule is O=C(O)c1cc(-c2ccc(O)cc2)nc2ccc(Br)cc12. The number of aromatic hydroxyl groups is 1. The van der Waals surface area contributed by atoms with E-state index in [-0.39, 0.29) is 11.3 Å². The summed E-state index contributed by atoms with van der Waals surface area (Å²) in [6, 6.07) is 13.4. The van der Waals surface area contributed by atoms with Crippen LogP contribution in [0.5, 0.6) is 5.75 Å². The summed E-state index contributed by atoms with van der Waals surface area (Å²) < 4.78 is 0.802. The summed E-state index contributed by atoms with van der Waals surface area (Å²) in [5.74, 6) is -0.845. The summed E-state index contributed by atoms with van der Waals surface area (Å²) in [4.78, 5) is 16.0. The Bertz CT molecular complexity index is 844. The van der Waals surface area contributed by atoms with Crippen LogP contribution in [0.2, 0.25) is 0 Å². The minimum Gasteiger partial charge on any atom is -0.508 e. The molecule has 0 fully saturated rings. The monoisotopic (exact) mass is 343 g/mol. The number of carbonyl (C=O) groups is 1. The van der Waals surface area contributed by atoms with E-state index in [1.807, 2.05) is 6.07 Å². The fourth-order valence-electron chi connectivity index (χ4n) is 2.16. The predicted octanol–water partition coefficient (Wildman–Crippen LogP) is 4.07. The first-order chi connectivity index (χ1) is 10.0. The van der Waals surface area contributed by atoms with E-state index in [2.05, 4.69) is 20.9 Å². The van der Waals surface area contributed by atoms with Crippen LogP contribution < -0.4 is 0 Å². The van der Waals surface area contributed by atoms with Crippen LogP contribution in [0, 0.1) is 0 Å². The number of hydrogen-bond acceptors (Lipinski definition) is 3. The van der Waals surface area contributed by atoms with Crippen LogP contribution in [0.25, 0.3) is 22.2 Å². The third kappa shape index (κ3) is 2.60. The second-order valence-corrected chi connectivity index (χ2v) is 5.48. The number of nitrogens with zero attached hydrogens (tertiary/aromatic N) is 1. The van der Waals surface area contributed by atoms with E-state index in [0.717, 1.165) is 10.0 Å². The molecule has 0 saturated heterocycles. The molecule has 3 aromatic rings. The zero-order valence-corrected chi connectivity index (χ0v) is 12.3. The Kier molecular flexibility index (Phi) is 3.35. The van der Waals surface area contributed by atoms with Crippen LogP contribution in [-0.4, -0.2) is 21.2 Å². The zero-order chi connectivity index (χ0) is 15.0. The largest absolute Gasteiger partial charge is 0.508 e. The fraction of sp³-hybridized carbons (Fsp3) is 0. The molecule has 0 unspecified atom stereocenters. The van der Waals surface area contributed by atoms with Crippen molar-refractivity contribution in [3.63, 3.8) is 0 Å². The number of carboxylic acid groups (broad SMARTS) is 1. The maximum atomic E-state index is 11.5. The zero-order valence-electron chi connectivity index (χ0n) is 10.7. The van der Waals surface area contributed by atoms with Crippen LogP contribution >= 0.6 is 15.9 Å². The molecular formula is C16H10BrNO3. The number of rotatable bonds is 2. The fourth-order valence-corrected chi connectivity index (χ4v) is 2.52. The molecule has 3 rings (SSSR count). The van der Waals surface area contributed by atoms with E-state index in [1.165, 1.54) is 0 Å². The Morgan fingerprint density at radius 2 is 1.76 bits per heavy atom. The topological polar surface area (TPSA) is 70.4 Å². The molecule has 0 amide bonds. The first-order valence-electron chi connectivity index (χ1n) is 6.17. The number of halogens is 1. The van der Waals surface area contributed by atoms with Gasteiger partial charge in [-0.3, -0.25) is 0 Å². The number of benzene rings is 2. The summed E-state index contributed by atoms with van der Waals surface area (Å²) >= 11 is 3.34. The third-order valence-corrected chi connectivity index (χ3v) is 3.66. The molecule has 104 valence electrons. The molecule has 0 aliphatic rings. The predicted molar refractivity (Wildman–Crippen MR) is 83.5 cm³/mol. The summed E-state index contributed by atoms with van der Waals surface area (Å²) in [6.45, 7) is 0. The molecule has 0 atom stereocenters. The molecular weight excluding hydrogens is 334 g/mol. The van der Waals surface area contributed by atoms with E-state index in [1.54, 1.807) is 42.5 Å². The van der Waals surface area contributed by atoms with Crippen molar-refractivity contribution in [3.05, 3.63) is 58.6 Å². The maximum Gasteiger partial charge on any atom is 0.336 e. The number of aromatic carboxylic acids is 1. The van der Waals surface area contributed by atoms with Gasteiger partial charge in [-0.25, -0.2) is 9.78 Å². The number of phenolic OH excluding ortho intramolecular Hbond substituents is 1. The van der Waals surface area contributed by atoms with Crippen LogP contribution in [0.15, 0.2) is 53.0 Å². The molecule has 1 aromatic heterocycles. The minimum atomic E-state index is -1.000. The van der Waals surface area contributed by atoms with E-state index in [4.69, 9.17) is 0 Å². The lowest BCUT2D eigenvalue weighted by Crippen LogP contribution is -2.00. The molecule has 21 heavy (non-hydrogen) atoms. The Labute approximate surface area is 128 Å². The molecule has 4 nitrogen and oxygen atoms in total. The van der Waals surface area contributed by atoms with Crippen molar-refractivity contribution >= 4 is 32.8 Å². The lowest BCUT2D eigenvalue weighted by molar-refractivity contribution is 0.0699. The molecule has 5 heteroatoms. The van der Waals surface area contributed by atoms with Crippen LogP contribution in [-0.2, 0) is 0 Å². The van der Waals surface area contributed by atoms with Gasteiger partial charge in [-0.05, 0) is 48.5 Å². The first-order valence-corrected chi connectivity index (χ1v) is 6.97. The quantitative estimate of drug-likeness (QED) is 0.735. The van der Waals surface area contributed by atoms with Gasteiger partial charge in [0.1, 0.15) is 5.75 Å². The average Bonchev–Trinajstić information content (AvgIpc) is 2.46. The minimum absolute atomic E-state index is 0.155. The second kappa shape index (κ2) is 5.18. The van der Waals surface area contributed by atoms with Gasteiger partial charge in [-0.1, -0.05) is 15.9 Å². The molecule has 2 N–H and O–H groups in total. The van der Waals surface area contributed by atoms with Crippen LogP contribution in [0.4, 0.5) is 0 Å². The van der Waals surface area contributed by atoms with E-state index < -0.39 is 5.97 Å². The van der Waals surface area contributed by atoms with Gasteiger partial charge in [0.05, 0.1) is 16.8 Å². The highest BCUT2D eigenvalue weighted by Crippen LogP contribution is 2.28. The molecule has 0 radical (unpaired) electrons.